The molecule has 1 heterocycles. The quantitative estimate of drug-likeness (QED) is 0.358. The number of carbonyl (C=O) groups excluding carboxylic acids is 4. The molecule has 4 amide bonds. The van der Waals surface area contributed by atoms with E-state index in [1.807, 2.05) is 64.1 Å². The Kier molecular flexibility index (Phi) is 8.51. The molecule has 1 saturated heterocycles. The second-order valence-corrected chi connectivity index (χ2v) is 10.4. The van der Waals surface area contributed by atoms with Crippen LogP contribution >= 0.6 is 11.8 Å². The summed E-state index contributed by atoms with van der Waals surface area (Å²) in [6.45, 7) is 7.22. The van der Waals surface area contributed by atoms with Crippen molar-refractivity contribution >= 4 is 52.2 Å². The Labute approximate surface area is 231 Å². The third-order valence-electron chi connectivity index (χ3n) is 6.00. The molecule has 0 radical (unpaired) electrons. The van der Waals surface area contributed by atoms with Crippen molar-refractivity contribution in [3.63, 3.8) is 0 Å². The summed E-state index contributed by atoms with van der Waals surface area (Å²) in [5, 5.41) is 5.09. The van der Waals surface area contributed by atoms with Gasteiger partial charge in [0.2, 0.25) is 5.91 Å². The molecular formula is C30H29N3O5S. The number of amides is 4. The average molecular weight is 544 g/mol. The van der Waals surface area contributed by atoms with E-state index < -0.39 is 17.1 Å². The highest BCUT2D eigenvalue weighted by Gasteiger charge is 2.36. The number of hydrogen-bond acceptors (Lipinski definition) is 6. The largest absolute Gasteiger partial charge is 0.484 e. The second-order valence-electron chi connectivity index (χ2n) is 9.36. The molecular weight excluding hydrogens is 514 g/mol. The van der Waals surface area contributed by atoms with Crippen LogP contribution in [-0.4, -0.2) is 41.0 Å². The summed E-state index contributed by atoms with van der Waals surface area (Å²) < 4.78 is 5.55. The molecule has 1 aliphatic rings. The smallest absolute Gasteiger partial charge is 0.294 e. The van der Waals surface area contributed by atoms with Crippen LogP contribution in [-0.2, 0) is 14.4 Å². The summed E-state index contributed by atoms with van der Waals surface area (Å²) in [6.07, 6.45) is 1.59. The Balaban J connectivity index is 1.32. The first kappa shape index (κ1) is 27.7. The van der Waals surface area contributed by atoms with E-state index in [1.54, 1.807) is 30.3 Å². The number of ether oxygens (including phenoxy) is 1. The van der Waals surface area contributed by atoms with E-state index >= 15 is 0 Å². The Bertz CT molecular complexity index is 1440. The van der Waals surface area contributed by atoms with Crippen LogP contribution in [0.1, 0.15) is 27.8 Å². The standard InChI is InChI=1S/C30H29N3O5S/c1-18-5-9-23(10-6-18)31-27(35)17-38-24-11-7-22(8-12-24)15-25-29(36)33(30(37)39-25)16-26(34)32-28-20(3)13-19(2)14-21(28)4/h5-15H,16-17H2,1-4H3,(H,31,35)(H,32,34)/b25-15+. The van der Waals surface area contributed by atoms with Gasteiger partial charge < -0.3 is 15.4 Å². The molecule has 3 aromatic carbocycles. The molecule has 0 spiro atoms. The third kappa shape index (κ3) is 7.14. The minimum atomic E-state index is -0.523. The van der Waals surface area contributed by atoms with Gasteiger partial charge in [0, 0.05) is 11.4 Å². The van der Waals surface area contributed by atoms with Gasteiger partial charge in [-0.2, -0.15) is 0 Å². The zero-order valence-corrected chi connectivity index (χ0v) is 23.0. The van der Waals surface area contributed by atoms with E-state index in [1.165, 1.54) is 0 Å². The molecule has 3 aromatic rings. The number of rotatable bonds is 8. The number of nitrogens with one attached hydrogen (secondary N) is 2. The monoisotopic (exact) mass is 543 g/mol. The second kappa shape index (κ2) is 12.0. The maximum Gasteiger partial charge on any atom is 0.294 e. The number of thioether (sulfide) groups is 1. The van der Waals surface area contributed by atoms with Gasteiger partial charge in [-0.05, 0) is 86.5 Å². The van der Waals surface area contributed by atoms with Crippen LogP contribution in [0.4, 0.5) is 16.2 Å². The van der Waals surface area contributed by atoms with Crippen molar-refractivity contribution in [3.05, 3.63) is 93.4 Å². The minimum Gasteiger partial charge on any atom is -0.484 e. The topological polar surface area (TPSA) is 105 Å². The van der Waals surface area contributed by atoms with E-state index in [0.29, 0.717) is 22.7 Å². The Morgan fingerprint density at radius 2 is 1.49 bits per heavy atom. The van der Waals surface area contributed by atoms with Gasteiger partial charge in [0.1, 0.15) is 12.3 Å². The van der Waals surface area contributed by atoms with Crippen molar-refractivity contribution in [2.24, 2.45) is 0 Å². The van der Waals surface area contributed by atoms with E-state index in [4.69, 9.17) is 4.74 Å². The predicted molar refractivity (Wildman–Crippen MR) is 154 cm³/mol. The van der Waals surface area contributed by atoms with Gasteiger partial charge in [0.05, 0.1) is 4.91 Å². The molecule has 0 saturated carbocycles. The summed E-state index contributed by atoms with van der Waals surface area (Å²) in [5.41, 5.74) is 6.06. The SMILES string of the molecule is Cc1ccc(NC(=O)COc2ccc(/C=C3/SC(=O)N(CC(=O)Nc4c(C)cc(C)cc4C)C3=O)cc2)cc1. The lowest BCUT2D eigenvalue weighted by Gasteiger charge is -2.15. The molecule has 0 aliphatic carbocycles. The molecule has 2 N–H and O–H groups in total. The van der Waals surface area contributed by atoms with E-state index in [0.717, 1.165) is 38.9 Å². The zero-order chi connectivity index (χ0) is 28.1. The molecule has 1 aliphatic heterocycles. The molecule has 0 aromatic heterocycles. The van der Waals surface area contributed by atoms with Gasteiger partial charge in [-0.15, -0.1) is 0 Å². The van der Waals surface area contributed by atoms with E-state index in [-0.39, 0.29) is 24.0 Å². The maximum atomic E-state index is 12.9. The predicted octanol–water partition coefficient (Wildman–Crippen LogP) is 5.61. The number of hydrogen-bond donors (Lipinski definition) is 2. The maximum absolute atomic E-state index is 12.9. The highest BCUT2D eigenvalue weighted by molar-refractivity contribution is 8.18. The minimum absolute atomic E-state index is 0.157. The molecule has 0 atom stereocenters. The Hall–Kier alpha value is -4.37. The Morgan fingerprint density at radius 3 is 2.13 bits per heavy atom. The lowest BCUT2D eigenvalue weighted by molar-refractivity contribution is -0.127. The van der Waals surface area contributed by atoms with E-state index in [9.17, 15) is 19.2 Å². The molecule has 8 nitrogen and oxygen atoms in total. The molecule has 0 bridgehead atoms. The fourth-order valence-corrected chi connectivity index (χ4v) is 4.97. The number of benzene rings is 3. The van der Waals surface area contributed by atoms with Gasteiger partial charge in [0.25, 0.3) is 17.1 Å². The van der Waals surface area contributed by atoms with Crippen molar-refractivity contribution in [2.75, 3.05) is 23.8 Å². The summed E-state index contributed by atoms with van der Waals surface area (Å²) in [4.78, 5) is 51.3. The first-order valence-corrected chi connectivity index (χ1v) is 13.1. The first-order valence-electron chi connectivity index (χ1n) is 12.3. The zero-order valence-electron chi connectivity index (χ0n) is 22.2. The number of carbonyl (C=O) groups is 4. The van der Waals surface area contributed by atoms with Crippen molar-refractivity contribution in [3.8, 4) is 5.75 Å². The van der Waals surface area contributed by atoms with Crippen LogP contribution in [0.25, 0.3) is 6.08 Å². The Morgan fingerprint density at radius 1 is 0.846 bits per heavy atom. The number of nitrogens with zero attached hydrogens (tertiary/aromatic N) is 1. The fourth-order valence-electron chi connectivity index (χ4n) is 4.13. The highest BCUT2D eigenvalue weighted by atomic mass is 32.2. The number of aryl methyl sites for hydroxylation is 4. The van der Waals surface area contributed by atoms with Crippen molar-refractivity contribution in [2.45, 2.75) is 27.7 Å². The van der Waals surface area contributed by atoms with Crippen LogP contribution in [0.2, 0.25) is 0 Å². The third-order valence-corrected chi connectivity index (χ3v) is 6.91. The van der Waals surface area contributed by atoms with Gasteiger partial charge in [-0.3, -0.25) is 24.1 Å². The number of imide groups is 1. The molecule has 9 heteroatoms. The van der Waals surface area contributed by atoms with Crippen LogP contribution in [0.3, 0.4) is 0 Å². The summed E-state index contributed by atoms with van der Waals surface area (Å²) in [7, 11) is 0. The van der Waals surface area contributed by atoms with Crippen LogP contribution < -0.4 is 15.4 Å². The molecule has 4 rings (SSSR count). The van der Waals surface area contributed by atoms with Gasteiger partial charge in [0.15, 0.2) is 6.61 Å². The molecule has 1 fully saturated rings. The summed E-state index contributed by atoms with van der Waals surface area (Å²) in [6, 6.07) is 18.2. The molecule has 0 unspecified atom stereocenters. The lowest BCUT2D eigenvalue weighted by atomic mass is 10.1. The summed E-state index contributed by atoms with van der Waals surface area (Å²) >= 11 is 0.788. The van der Waals surface area contributed by atoms with Crippen molar-refractivity contribution < 1.29 is 23.9 Å². The van der Waals surface area contributed by atoms with Crippen LogP contribution in [0.15, 0.2) is 65.6 Å². The average Bonchev–Trinajstić information content (AvgIpc) is 3.14. The van der Waals surface area contributed by atoms with Gasteiger partial charge >= 0.3 is 0 Å². The van der Waals surface area contributed by atoms with Crippen LogP contribution in [0.5, 0.6) is 5.75 Å². The van der Waals surface area contributed by atoms with Crippen molar-refractivity contribution in [1.82, 2.24) is 4.90 Å². The highest BCUT2D eigenvalue weighted by Crippen LogP contribution is 2.32. The van der Waals surface area contributed by atoms with Crippen molar-refractivity contribution in [1.29, 1.82) is 0 Å². The fraction of sp³-hybridized carbons (Fsp3) is 0.200. The van der Waals surface area contributed by atoms with Gasteiger partial charge in [-0.1, -0.05) is 47.5 Å². The lowest BCUT2D eigenvalue weighted by Crippen LogP contribution is -2.36. The summed E-state index contributed by atoms with van der Waals surface area (Å²) in [5.74, 6) is -0.766. The first-order chi connectivity index (χ1) is 18.6. The number of anilines is 2. The van der Waals surface area contributed by atoms with Crippen LogP contribution in [0, 0.1) is 27.7 Å². The molecule has 200 valence electrons. The van der Waals surface area contributed by atoms with E-state index in [2.05, 4.69) is 10.6 Å². The molecule has 39 heavy (non-hydrogen) atoms. The normalized spacial score (nSPS) is 14.1. The van der Waals surface area contributed by atoms with Gasteiger partial charge in [-0.25, -0.2) is 0 Å².